The molecule has 0 heterocycles. The fraction of sp³-hybridized carbons (Fsp3) is 0.200. The Morgan fingerprint density at radius 1 is 0.760 bits per heavy atom. The van der Waals surface area contributed by atoms with E-state index in [0.29, 0.717) is 0 Å². The summed E-state index contributed by atoms with van der Waals surface area (Å²) in [5, 5.41) is 0. The van der Waals surface area contributed by atoms with Gasteiger partial charge in [0.25, 0.3) is 0 Å². The van der Waals surface area contributed by atoms with Crippen LogP contribution in [0.5, 0.6) is 0 Å². The Bertz CT molecular complexity index is 788. The topological polar surface area (TPSA) is 0 Å². The summed E-state index contributed by atoms with van der Waals surface area (Å²) in [5.74, 6) is 0. The minimum absolute atomic E-state index is 0.0227. The minimum atomic E-state index is -0.0227. The van der Waals surface area contributed by atoms with Crippen molar-refractivity contribution in [1.82, 2.24) is 0 Å². The summed E-state index contributed by atoms with van der Waals surface area (Å²) in [6.07, 6.45) is 14.2. The lowest BCUT2D eigenvalue weighted by Gasteiger charge is -2.30. The van der Waals surface area contributed by atoms with Crippen molar-refractivity contribution in [1.29, 1.82) is 0 Å². The van der Waals surface area contributed by atoms with E-state index in [-0.39, 0.29) is 5.41 Å². The molecule has 0 saturated carbocycles. The van der Waals surface area contributed by atoms with Crippen molar-refractivity contribution in [2.24, 2.45) is 0 Å². The first kappa shape index (κ1) is 17.2. The van der Waals surface area contributed by atoms with Gasteiger partial charge < -0.3 is 0 Å². The van der Waals surface area contributed by atoms with Crippen molar-refractivity contribution in [3.05, 3.63) is 108 Å². The van der Waals surface area contributed by atoms with Crippen LogP contribution in [-0.2, 0) is 5.41 Å². The largest absolute Gasteiger partial charge is 0.0991 e. The molecular formula is C25H26. The predicted octanol–water partition coefficient (Wildman–Crippen LogP) is 6.83. The van der Waals surface area contributed by atoms with Crippen LogP contribution >= 0.6 is 0 Å². The van der Waals surface area contributed by atoms with Crippen LogP contribution in [0.4, 0.5) is 0 Å². The van der Waals surface area contributed by atoms with E-state index in [1.54, 1.807) is 0 Å². The lowest BCUT2D eigenvalue weighted by molar-refractivity contribution is 0.542. The van der Waals surface area contributed by atoms with E-state index in [2.05, 4.69) is 87.7 Å². The van der Waals surface area contributed by atoms with Crippen LogP contribution in [0.2, 0.25) is 0 Å². The van der Waals surface area contributed by atoms with E-state index in [1.807, 2.05) is 12.2 Å². The molecule has 0 amide bonds. The molecule has 0 radical (unpaired) electrons. The highest BCUT2D eigenvalue weighted by Crippen LogP contribution is 2.53. The average Bonchev–Trinajstić information content (AvgIpc) is 2.85. The zero-order valence-electron chi connectivity index (χ0n) is 15.3. The van der Waals surface area contributed by atoms with Gasteiger partial charge >= 0.3 is 0 Å². The van der Waals surface area contributed by atoms with Gasteiger partial charge in [-0.25, -0.2) is 0 Å². The van der Waals surface area contributed by atoms with Gasteiger partial charge in [0.1, 0.15) is 0 Å². The predicted molar refractivity (Wildman–Crippen MR) is 110 cm³/mol. The van der Waals surface area contributed by atoms with Gasteiger partial charge in [-0.05, 0) is 48.9 Å². The van der Waals surface area contributed by atoms with Crippen LogP contribution in [0.25, 0.3) is 11.1 Å². The molecule has 1 aliphatic carbocycles. The summed E-state index contributed by atoms with van der Waals surface area (Å²) in [5.41, 5.74) is 8.23. The van der Waals surface area contributed by atoms with Gasteiger partial charge in [-0.3, -0.25) is 0 Å². The van der Waals surface area contributed by atoms with Crippen molar-refractivity contribution in [3.63, 3.8) is 0 Å². The van der Waals surface area contributed by atoms with E-state index in [4.69, 9.17) is 0 Å². The third kappa shape index (κ3) is 3.05. The maximum Gasteiger partial charge on any atom is 0.0284 e. The number of hydrogen-bond acceptors (Lipinski definition) is 0. The highest BCUT2D eigenvalue weighted by molar-refractivity contribution is 5.82. The highest BCUT2D eigenvalue weighted by Gasteiger charge is 2.41. The van der Waals surface area contributed by atoms with Crippen LogP contribution in [0.1, 0.15) is 35.1 Å². The van der Waals surface area contributed by atoms with Crippen LogP contribution in [0, 0.1) is 13.8 Å². The van der Waals surface area contributed by atoms with Crippen molar-refractivity contribution in [2.45, 2.75) is 32.1 Å². The Kier molecular flexibility index (Phi) is 4.90. The molecule has 0 fully saturated rings. The standard InChI is InChI=1S/C25H26/c1-5-7-9-15-25(16-10-8-6-2)23-13-11-19(3)17-21(23)22-18-20(4)12-14-24(22)25/h5-14,17-18H,1-2,15-16H2,3-4H3. The number of fused-ring (bicyclic) bond motifs is 3. The first-order valence-corrected chi connectivity index (χ1v) is 8.90. The average molecular weight is 326 g/mol. The maximum absolute atomic E-state index is 3.82. The normalized spacial score (nSPS) is 14.6. The SMILES string of the molecule is C=CC=CCC1(CC=CC=C)c2ccc(C)cc2-c2cc(C)ccc21. The second kappa shape index (κ2) is 7.11. The summed E-state index contributed by atoms with van der Waals surface area (Å²) in [6.45, 7) is 12.0. The Balaban J connectivity index is 2.25. The quantitative estimate of drug-likeness (QED) is 0.510. The molecule has 2 aromatic rings. The van der Waals surface area contributed by atoms with Crippen molar-refractivity contribution in [3.8, 4) is 11.1 Å². The van der Waals surface area contributed by atoms with Gasteiger partial charge in [-0.15, -0.1) is 0 Å². The monoisotopic (exact) mass is 326 g/mol. The fourth-order valence-electron chi connectivity index (χ4n) is 4.00. The van der Waals surface area contributed by atoms with Gasteiger partial charge in [0.15, 0.2) is 0 Å². The lowest BCUT2D eigenvalue weighted by Crippen LogP contribution is -2.24. The molecule has 3 rings (SSSR count). The first-order chi connectivity index (χ1) is 12.1. The summed E-state index contributed by atoms with van der Waals surface area (Å²) >= 11 is 0. The Hall–Kier alpha value is -2.60. The van der Waals surface area contributed by atoms with Gasteiger partial charge in [0.05, 0.1) is 0 Å². The molecule has 25 heavy (non-hydrogen) atoms. The molecule has 1 aliphatic rings. The van der Waals surface area contributed by atoms with Crippen molar-refractivity contribution < 1.29 is 0 Å². The van der Waals surface area contributed by atoms with E-state index in [1.165, 1.54) is 33.4 Å². The third-order valence-electron chi connectivity index (χ3n) is 5.15. The summed E-state index contributed by atoms with van der Waals surface area (Å²) in [7, 11) is 0. The summed E-state index contributed by atoms with van der Waals surface area (Å²) in [4.78, 5) is 0. The molecule has 126 valence electrons. The third-order valence-corrected chi connectivity index (χ3v) is 5.15. The van der Waals surface area contributed by atoms with Crippen molar-refractivity contribution >= 4 is 0 Å². The fourth-order valence-corrected chi connectivity index (χ4v) is 4.00. The van der Waals surface area contributed by atoms with Gasteiger partial charge in [-0.2, -0.15) is 0 Å². The Morgan fingerprint density at radius 3 is 1.60 bits per heavy atom. The molecule has 0 bridgehead atoms. The summed E-state index contributed by atoms with van der Waals surface area (Å²) in [6, 6.07) is 13.8. The lowest BCUT2D eigenvalue weighted by atomic mass is 9.72. The molecular weight excluding hydrogens is 300 g/mol. The van der Waals surface area contributed by atoms with E-state index in [0.717, 1.165) is 12.8 Å². The molecule has 0 aromatic heterocycles. The Morgan fingerprint density at radius 2 is 1.20 bits per heavy atom. The van der Waals surface area contributed by atoms with Crippen LogP contribution in [0.15, 0.2) is 86.0 Å². The van der Waals surface area contributed by atoms with Gasteiger partial charge in [0.2, 0.25) is 0 Å². The van der Waals surface area contributed by atoms with Gasteiger partial charge in [0, 0.05) is 5.41 Å². The molecule has 0 nitrogen and oxygen atoms in total. The second-order valence-electron chi connectivity index (χ2n) is 6.92. The zero-order chi connectivity index (χ0) is 17.9. The molecule has 0 heteroatoms. The molecule has 2 aromatic carbocycles. The molecule has 0 atom stereocenters. The molecule has 0 aliphatic heterocycles. The number of benzene rings is 2. The molecule has 0 spiro atoms. The maximum atomic E-state index is 3.82. The Labute approximate surface area is 151 Å². The number of allylic oxidation sites excluding steroid dienone is 6. The van der Waals surface area contributed by atoms with Crippen molar-refractivity contribution in [2.75, 3.05) is 0 Å². The number of hydrogen-bond donors (Lipinski definition) is 0. The smallest absolute Gasteiger partial charge is 0.0284 e. The minimum Gasteiger partial charge on any atom is -0.0991 e. The van der Waals surface area contributed by atoms with Crippen LogP contribution < -0.4 is 0 Å². The number of rotatable bonds is 6. The molecule has 0 N–H and O–H groups in total. The molecule has 0 unspecified atom stereocenters. The summed E-state index contributed by atoms with van der Waals surface area (Å²) < 4.78 is 0. The van der Waals surface area contributed by atoms with E-state index < -0.39 is 0 Å². The van der Waals surface area contributed by atoms with Crippen LogP contribution in [0.3, 0.4) is 0 Å². The number of aryl methyl sites for hydroxylation is 2. The van der Waals surface area contributed by atoms with Gasteiger partial charge in [-0.1, -0.05) is 97.1 Å². The second-order valence-corrected chi connectivity index (χ2v) is 6.92. The molecule has 0 saturated heterocycles. The van der Waals surface area contributed by atoms with E-state index in [9.17, 15) is 0 Å². The first-order valence-electron chi connectivity index (χ1n) is 8.90. The zero-order valence-corrected chi connectivity index (χ0v) is 15.3. The van der Waals surface area contributed by atoms with E-state index >= 15 is 0 Å². The van der Waals surface area contributed by atoms with Crippen LogP contribution in [-0.4, -0.2) is 0 Å². The highest BCUT2D eigenvalue weighted by atomic mass is 14.4.